The van der Waals surface area contributed by atoms with E-state index in [1.807, 2.05) is 42.5 Å². The van der Waals surface area contributed by atoms with Crippen LogP contribution in [0.1, 0.15) is 18.1 Å². The van der Waals surface area contributed by atoms with E-state index in [-0.39, 0.29) is 18.0 Å². The summed E-state index contributed by atoms with van der Waals surface area (Å²) in [7, 11) is 3.49. The van der Waals surface area contributed by atoms with E-state index in [1.54, 1.807) is 23.2 Å². The quantitative estimate of drug-likeness (QED) is 0.802. The highest BCUT2D eigenvalue weighted by molar-refractivity contribution is 5.92. The lowest BCUT2D eigenvalue weighted by Gasteiger charge is -2.07. The van der Waals surface area contributed by atoms with Crippen molar-refractivity contribution in [3.63, 3.8) is 0 Å². The number of anilines is 1. The molecular formula is C19H21N3O2. The molecule has 3 aromatic rings. The molecule has 0 aliphatic heterocycles. The van der Waals surface area contributed by atoms with Crippen molar-refractivity contribution in [3.8, 4) is 0 Å². The normalized spacial score (nSPS) is 11.0. The van der Waals surface area contributed by atoms with E-state index in [1.165, 1.54) is 5.56 Å². The zero-order chi connectivity index (χ0) is 17.3. The van der Waals surface area contributed by atoms with Crippen molar-refractivity contribution in [2.45, 2.75) is 19.8 Å². The molecule has 3 rings (SSSR count). The second-order valence-electron chi connectivity index (χ2n) is 6.00. The van der Waals surface area contributed by atoms with Crippen LogP contribution in [0.4, 0.5) is 5.69 Å². The zero-order valence-electron chi connectivity index (χ0n) is 14.2. The summed E-state index contributed by atoms with van der Waals surface area (Å²) in [5.74, 6) is -0.0699. The number of carbonyl (C=O) groups is 1. The van der Waals surface area contributed by atoms with Crippen LogP contribution in [0.15, 0.2) is 47.3 Å². The lowest BCUT2D eigenvalue weighted by molar-refractivity contribution is -0.115. The fourth-order valence-corrected chi connectivity index (χ4v) is 2.88. The molecule has 0 spiro atoms. The summed E-state index contributed by atoms with van der Waals surface area (Å²) in [4.78, 5) is 24.2. The third-order valence-electron chi connectivity index (χ3n) is 4.35. The van der Waals surface area contributed by atoms with Crippen LogP contribution >= 0.6 is 0 Å². The molecule has 2 aromatic carbocycles. The van der Waals surface area contributed by atoms with Gasteiger partial charge in [0.25, 0.3) is 0 Å². The van der Waals surface area contributed by atoms with Gasteiger partial charge in [-0.15, -0.1) is 0 Å². The van der Waals surface area contributed by atoms with Crippen molar-refractivity contribution in [2.24, 2.45) is 14.1 Å². The van der Waals surface area contributed by atoms with Gasteiger partial charge in [0.1, 0.15) is 0 Å². The molecule has 124 valence electrons. The number of hydrogen-bond donors (Lipinski definition) is 1. The van der Waals surface area contributed by atoms with Crippen LogP contribution in [0.2, 0.25) is 0 Å². The molecule has 0 aliphatic rings. The predicted molar refractivity (Wildman–Crippen MR) is 96.3 cm³/mol. The number of amides is 1. The third kappa shape index (κ3) is 2.97. The Hall–Kier alpha value is -2.82. The summed E-state index contributed by atoms with van der Waals surface area (Å²) in [5.41, 5.74) is 4.55. The van der Waals surface area contributed by atoms with Crippen molar-refractivity contribution in [3.05, 3.63) is 64.1 Å². The Morgan fingerprint density at radius 1 is 0.958 bits per heavy atom. The molecule has 1 amide bonds. The predicted octanol–water partition coefficient (Wildman–Crippen LogP) is 2.62. The van der Waals surface area contributed by atoms with Gasteiger partial charge in [0.05, 0.1) is 17.5 Å². The number of nitrogens with zero attached hydrogens (tertiary/aromatic N) is 2. The molecule has 0 saturated carbocycles. The summed E-state index contributed by atoms with van der Waals surface area (Å²) in [6, 6.07) is 13.5. The van der Waals surface area contributed by atoms with Crippen LogP contribution in [0.3, 0.4) is 0 Å². The van der Waals surface area contributed by atoms with E-state index in [0.717, 1.165) is 28.7 Å². The Balaban J connectivity index is 1.77. The lowest BCUT2D eigenvalue weighted by atomic mass is 10.1. The number of aromatic nitrogens is 2. The molecule has 5 nitrogen and oxygen atoms in total. The van der Waals surface area contributed by atoms with Crippen molar-refractivity contribution < 1.29 is 4.79 Å². The molecule has 0 unspecified atom stereocenters. The summed E-state index contributed by atoms with van der Waals surface area (Å²) < 4.78 is 3.20. The Morgan fingerprint density at radius 2 is 1.58 bits per heavy atom. The first-order valence-electron chi connectivity index (χ1n) is 8.02. The molecule has 0 aliphatic carbocycles. The zero-order valence-corrected chi connectivity index (χ0v) is 14.2. The van der Waals surface area contributed by atoms with Gasteiger partial charge >= 0.3 is 5.69 Å². The van der Waals surface area contributed by atoms with E-state index < -0.39 is 0 Å². The summed E-state index contributed by atoms with van der Waals surface area (Å²) in [5, 5.41) is 2.91. The number of hydrogen-bond acceptors (Lipinski definition) is 2. The van der Waals surface area contributed by atoms with E-state index in [4.69, 9.17) is 0 Å². The third-order valence-corrected chi connectivity index (χ3v) is 4.35. The molecule has 1 N–H and O–H groups in total. The number of imidazole rings is 1. The van der Waals surface area contributed by atoms with Gasteiger partial charge in [-0.25, -0.2) is 4.79 Å². The van der Waals surface area contributed by atoms with Crippen molar-refractivity contribution in [1.82, 2.24) is 9.13 Å². The molecular weight excluding hydrogens is 302 g/mol. The van der Waals surface area contributed by atoms with E-state index in [9.17, 15) is 9.59 Å². The lowest BCUT2D eigenvalue weighted by Crippen LogP contribution is -2.19. The van der Waals surface area contributed by atoms with E-state index in [0.29, 0.717) is 0 Å². The molecule has 0 atom stereocenters. The standard InChI is InChI=1S/C19H21N3O2/c1-4-13-5-8-15(9-6-13)20-18(23)12-14-7-10-16-17(11-14)22(3)19(24)21(16)2/h5-11H,4,12H2,1-3H3,(H,20,23). The molecule has 5 heteroatoms. The Labute approximate surface area is 140 Å². The molecule has 1 heterocycles. The second kappa shape index (κ2) is 6.35. The van der Waals surface area contributed by atoms with Crippen molar-refractivity contribution in [2.75, 3.05) is 5.32 Å². The number of nitrogens with one attached hydrogen (secondary N) is 1. The van der Waals surface area contributed by atoms with E-state index in [2.05, 4.69) is 12.2 Å². The monoisotopic (exact) mass is 323 g/mol. The number of rotatable bonds is 4. The van der Waals surface area contributed by atoms with Gasteiger partial charge in [0.2, 0.25) is 5.91 Å². The maximum atomic E-state index is 12.2. The number of carbonyl (C=O) groups excluding carboxylic acids is 1. The molecule has 1 aromatic heterocycles. The summed E-state index contributed by atoms with van der Waals surface area (Å²) in [6.07, 6.45) is 1.25. The average Bonchev–Trinajstić information content (AvgIpc) is 2.80. The fraction of sp³-hybridized carbons (Fsp3) is 0.263. The van der Waals surface area contributed by atoms with Gasteiger partial charge in [-0.3, -0.25) is 13.9 Å². The first-order valence-corrected chi connectivity index (χ1v) is 8.02. The van der Waals surface area contributed by atoms with Gasteiger partial charge in [0, 0.05) is 19.8 Å². The van der Waals surface area contributed by atoms with Crippen LogP contribution in [-0.4, -0.2) is 15.0 Å². The molecule has 0 fully saturated rings. The average molecular weight is 323 g/mol. The summed E-state index contributed by atoms with van der Waals surface area (Å²) in [6.45, 7) is 2.10. The largest absolute Gasteiger partial charge is 0.328 e. The SMILES string of the molecule is CCc1ccc(NC(=O)Cc2ccc3c(c2)n(C)c(=O)n3C)cc1. The highest BCUT2D eigenvalue weighted by Crippen LogP contribution is 2.15. The van der Waals surface area contributed by atoms with Crippen LogP contribution in [0.5, 0.6) is 0 Å². The minimum atomic E-state index is -0.0699. The molecule has 24 heavy (non-hydrogen) atoms. The van der Waals surface area contributed by atoms with Gasteiger partial charge in [-0.2, -0.15) is 0 Å². The first kappa shape index (κ1) is 16.1. The first-order chi connectivity index (χ1) is 11.5. The van der Waals surface area contributed by atoms with Gasteiger partial charge in [0.15, 0.2) is 0 Å². The number of aryl methyl sites for hydroxylation is 3. The van der Waals surface area contributed by atoms with Gasteiger partial charge in [-0.05, 0) is 41.8 Å². The van der Waals surface area contributed by atoms with Gasteiger partial charge < -0.3 is 5.32 Å². The molecule has 0 radical (unpaired) electrons. The minimum Gasteiger partial charge on any atom is -0.326 e. The Kier molecular flexibility index (Phi) is 4.25. The van der Waals surface area contributed by atoms with Gasteiger partial charge in [-0.1, -0.05) is 25.1 Å². The molecule has 0 bridgehead atoms. The maximum Gasteiger partial charge on any atom is 0.328 e. The fourth-order valence-electron chi connectivity index (χ4n) is 2.88. The minimum absolute atomic E-state index is 0.0670. The van der Waals surface area contributed by atoms with E-state index >= 15 is 0 Å². The number of fused-ring (bicyclic) bond motifs is 1. The van der Waals surface area contributed by atoms with Crippen molar-refractivity contribution >= 4 is 22.6 Å². The summed E-state index contributed by atoms with van der Waals surface area (Å²) >= 11 is 0. The van der Waals surface area contributed by atoms with Crippen LogP contribution < -0.4 is 11.0 Å². The topological polar surface area (TPSA) is 56.0 Å². The Morgan fingerprint density at radius 3 is 2.25 bits per heavy atom. The van der Waals surface area contributed by atoms with Crippen molar-refractivity contribution in [1.29, 1.82) is 0 Å². The van der Waals surface area contributed by atoms with Crippen LogP contribution in [0.25, 0.3) is 11.0 Å². The number of benzene rings is 2. The highest BCUT2D eigenvalue weighted by Gasteiger charge is 2.10. The smallest absolute Gasteiger partial charge is 0.326 e. The molecule has 0 saturated heterocycles. The van der Waals surface area contributed by atoms with Crippen LogP contribution in [0, 0.1) is 0 Å². The Bertz CT molecular complexity index is 949. The second-order valence-corrected chi connectivity index (χ2v) is 6.00. The van der Waals surface area contributed by atoms with Crippen LogP contribution in [-0.2, 0) is 31.7 Å². The highest BCUT2D eigenvalue weighted by atomic mass is 16.2. The maximum absolute atomic E-state index is 12.2.